The molecule has 5 nitrogen and oxygen atoms in total. The van der Waals surface area contributed by atoms with E-state index in [1.165, 1.54) is 19.2 Å². The first-order valence-electron chi connectivity index (χ1n) is 7.02. The highest BCUT2D eigenvalue weighted by atomic mass is 35.5. The van der Waals surface area contributed by atoms with Crippen LogP contribution in [-0.4, -0.2) is 23.8 Å². The molecule has 0 amide bonds. The molecule has 0 fully saturated rings. The van der Waals surface area contributed by atoms with Crippen LogP contribution in [0, 0.1) is 19.7 Å². The van der Waals surface area contributed by atoms with E-state index in [1.54, 1.807) is 13.0 Å². The van der Waals surface area contributed by atoms with Crippen molar-refractivity contribution in [1.29, 1.82) is 0 Å². The minimum Gasteiger partial charge on any atom is -0.464 e. The van der Waals surface area contributed by atoms with Crippen molar-refractivity contribution in [2.24, 2.45) is 4.99 Å². The molecule has 7 heteroatoms. The maximum Gasteiger partial charge on any atom is 0.357 e. The van der Waals surface area contributed by atoms with Crippen LogP contribution in [0.2, 0.25) is 5.02 Å². The molecule has 1 aromatic carbocycles. The Bertz CT molecular complexity index is 856. The van der Waals surface area contributed by atoms with Gasteiger partial charge in [-0.05, 0) is 31.5 Å². The van der Waals surface area contributed by atoms with Crippen LogP contribution >= 0.6 is 11.6 Å². The molecule has 0 radical (unpaired) electrons. The lowest BCUT2D eigenvalue weighted by Gasteiger charge is -2.08. The second-order valence-corrected chi connectivity index (χ2v) is 5.60. The number of H-pyrrole nitrogens is 1. The Labute approximate surface area is 144 Å². The fourth-order valence-corrected chi connectivity index (χ4v) is 2.35. The lowest BCUT2D eigenvalue weighted by atomic mass is 10.1. The normalized spacial score (nSPS) is 11.5. The number of aliphatic imine (C=N–C) groups is 1. The lowest BCUT2D eigenvalue weighted by molar-refractivity contribution is -0.132. The van der Waals surface area contributed by atoms with E-state index in [1.807, 2.05) is 6.92 Å². The molecule has 0 bridgehead atoms. The molecular formula is C17H17ClFN3O2. The molecular weight excluding hydrogens is 333 g/mol. The summed E-state index contributed by atoms with van der Waals surface area (Å²) in [6.45, 7) is 7.42. The number of anilines is 1. The van der Waals surface area contributed by atoms with Crippen molar-refractivity contribution < 1.29 is 13.9 Å². The van der Waals surface area contributed by atoms with Gasteiger partial charge < -0.3 is 15.5 Å². The Morgan fingerprint density at radius 3 is 2.58 bits per heavy atom. The summed E-state index contributed by atoms with van der Waals surface area (Å²) in [4.78, 5) is 19.3. The van der Waals surface area contributed by atoms with Gasteiger partial charge in [0.1, 0.15) is 11.6 Å². The molecule has 0 aliphatic heterocycles. The first kappa shape index (κ1) is 17.7. The summed E-state index contributed by atoms with van der Waals surface area (Å²) in [6.07, 6.45) is 0. The molecule has 2 aromatic rings. The Morgan fingerprint density at radius 1 is 1.42 bits per heavy atom. The number of nitrogen functional groups attached to an aromatic ring is 1. The molecule has 0 aliphatic carbocycles. The molecule has 2 rings (SSSR count). The van der Waals surface area contributed by atoms with E-state index in [-0.39, 0.29) is 16.4 Å². The number of nitrogens with zero attached hydrogens (tertiary/aromatic N) is 1. The fraction of sp³-hybridized carbons (Fsp3) is 0.176. The van der Waals surface area contributed by atoms with E-state index < -0.39 is 11.8 Å². The SMILES string of the molecule is C=C(/N=C(/C(=O)OC)c1c(N)[nH]c(C)c1C)c1ccc(Cl)c(F)c1. The summed E-state index contributed by atoms with van der Waals surface area (Å²) >= 11 is 5.67. The van der Waals surface area contributed by atoms with Gasteiger partial charge in [-0.15, -0.1) is 0 Å². The zero-order valence-corrected chi connectivity index (χ0v) is 14.3. The van der Waals surface area contributed by atoms with E-state index in [4.69, 9.17) is 22.1 Å². The van der Waals surface area contributed by atoms with E-state index in [0.717, 1.165) is 11.3 Å². The maximum atomic E-state index is 13.6. The summed E-state index contributed by atoms with van der Waals surface area (Å²) in [5.74, 6) is -0.970. The number of hydrogen-bond donors (Lipinski definition) is 2. The summed E-state index contributed by atoms with van der Waals surface area (Å²) in [7, 11) is 1.24. The van der Waals surface area contributed by atoms with Crippen molar-refractivity contribution in [3.63, 3.8) is 0 Å². The Balaban J connectivity index is 2.55. The number of methoxy groups -OCH3 is 1. The molecule has 24 heavy (non-hydrogen) atoms. The van der Waals surface area contributed by atoms with Gasteiger partial charge in [0.05, 0.1) is 23.4 Å². The predicted molar refractivity (Wildman–Crippen MR) is 93.7 cm³/mol. The van der Waals surface area contributed by atoms with Gasteiger partial charge in [-0.3, -0.25) is 0 Å². The minimum atomic E-state index is -0.667. The number of benzene rings is 1. The second kappa shape index (κ2) is 6.88. The molecule has 1 heterocycles. The van der Waals surface area contributed by atoms with Gasteiger partial charge in [-0.1, -0.05) is 24.2 Å². The number of ether oxygens (including phenoxy) is 1. The molecule has 1 aromatic heterocycles. The standard InChI is InChI=1S/C17H17ClFN3O2/c1-8-9(2)22-16(20)14(8)15(17(23)24-4)21-10(3)11-5-6-12(18)13(19)7-11/h5-7,22H,3,20H2,1-2,4H3/b21-15+. The summed E-state index contributed by atoms with van der Waals surface area (Å²) in [5, 5.41) is -0.00920. The fourth-order valence-electron chi connectivity index (χ4n) is 2.23. The van der Waals surface area contributed by atoms with Gasteiger partial charge in [0.15, 0.2) is 5.71 Å². The van der Waals surface area contributed by atoms with Gasteiger partial charge in [0.2, 0.25) is 0 Å². The zero-order valence-electron chi connectivity index (χ0n) is 13.5. The van der Waals surface area contributed by atoms with Crippen LogP contribution in [0.3, 0.4) is 0 Å². The van der Waals surface area contributed by atoms with E-state index in [9.17, 15) is 9.18 Å². The predicted octanol–water partition coefficient (Wildman–Crippen LogP) is 3.64. The largest absolute Gasteiger partial charge is 0.464 e. The van der Waals surface area contributed by atoms with Gasteiger partial charge in [0.25, 0.3) is 0 Å². The molecule has 3 N–H and O–H groups in total. The number of aromatic nitrogens is 1. The summed E-state index contributed by atoms with van der Waals surface area (Å²) in [5.41, 5.74) is 8.53. The van der Waals surface area contributed by atoms with Gasteiger partial charge in [-0.2, -0.15) is 0 Å². The lowest BCUT2D eigenvalue weighted by Crippen LogP contribution is -2.19. The molecule has 0 spiro atoms. The quantitative estimate of drug-likeness (QED) is 0.653. The number of carbonyl (C=O) groups excluding carboxylic acids is 1. The number of hydrogen-bond acceptors (Lipinski definition) is 4. The third-order valence-corrected chi connectivity index (χ3v) is 3.95. The van der Waals surface area contributed by atoms with Gasteiger partial charge in [0, 0.05) is 11.3 Å². The Kier molecular flexibility index (Phi) is 5.09. The van der Waals surface area contributed by atoms with Gasteiger partial charge >= 0.3 is 5.97 Å². The molecule has 126 valence electrons. The number of nitrogens with two attached hydrogens (primary N) is 1. The van der Waals surface area contributed by atoms with Crippen LogP contribution in [0.1, 0.15) is 22.4 Å². The second-order valence-electron chi connectivity index (χ2n) is 5.19. The van der Waals surface area contributed by atoms with Crippen molar-refractivity contribution in [1.82, 2.24) is 4.98 Å². The average Bonchev–Trinajstić information content (AvgIpc) is 2.79. The van der Waals surface area contributed by atoms with Crippen molar-refractivity contribution >= 4 is 34.8 Å². The molecule has 0 saturated heterocycles. The van der Waals surface area contributed by atoms with Crippen molar-refractivity contribution in [2.75, 3.05) is 12.8 Å². The highest BCUT2D eigenvalue weighted by Gasteiger charge is 2.23. The molecule has 0 unspecified atom stereocenters. The highest BCUT2D eigenvalue weighted by molar-refractivity contribution is 6.45. The summed E-state index contributed by atoms with van der Waals surface area (Å²) < 4.78 is 18.4. The van der Waals surface area contributed by atoms with Crippen LogP contribution in [-0.2, 0) is 9.53 Å². The van der Waals surface area contributed by atoms with E-state index in [0.29, 0.717) is 16.9 Å². The van der Waals surface area contributed by atoms with Crippen LogP contribution in [0.25, 0.3) is 5.70 Å². The third-order valence-electron chi connectivity index (χ3n) is 3.64. The smallest absolute Gasteiger partial charge is 0.357 e. The van der Waals surface area contributed by atoms with E-state index in [2.05, 4.69) is 16.6 Å². The first-order chi connectivity index (χ1) is 11.3. The summed E-state index contributed by atoms with van der Waals surface area (Å²) in [6, 6.07) is 4.15. The number of nitrogens with one attached hydrogen (secondary N) is 1. The Hall–Kier alpha value is -2.60. The number of aryl methyl sites for hydroxylation is 1. The topological polar surface area (TPSA) is 80.5 Å². The van der Waals surface area contributed by atoms with Crippen LogP contribution in [0.4, 0.5) is 10.2 Å². The Morgan fingerprint density at radius 2 is 2.08 bits per heavy atom. The first-order valence-corrected chi connectivity index (χ1v) is 7.40. The highest BCUT2D eigenvalue weighted by Crippen LogP contribution is 2.25. The number of esters is 1. The molecule has 0 aliphatic rings. The van der Waals surface area contributed by atoms with Crippen LogP contribution < -0.4 is 5.73 Å². The third kappa shape index (κ3) is 3.33. The minimum absolute atomic E-state index is 0.00259. The number of aromatic amines is 1. The van der Waals surface area contributed by atoms with Gasteiger partial charge in [-0.25, -0.2) is 14.2 Å². The van der Waals surface area contributed by atoms with Crippen LogP contribution in [0.5, 0.6) is 0 Å². The zero-order chi connectivity index (χ0) is 18.0. The van der Waals surface area contributed by atoms with Crippen LogP contribution in [0.15, 0.2) is 29.8 Å². The monoisotopic (exact) mass is 349 g/mol. The average molecular weight is 350 g/mol. The van der Waals surface area contributed by atoms with Crippen molar-refractivity contribution in [3.05, 3.63) is 58.0 Å². The maximum absolute atomic E-state index is 13.6. The molecule has 0 atom stereocenters. The number of halogens is 2. The number of carbonyl (C=O) groups is 1. The molecule has 0 saturated carbocycles. The van der Waals surface area contributed by atoms with Crippen molar-refractivity contribution in [2.45, 2.75) is 13.8 Å². The van der Waals surface area contributed by atoms with E-state index >= 15 is 0 Å². The number of rotatable bonds is 4. The van der Waals surface area contributed by atoms with Crippen molar-refractivity contribution in [3.8, 4) is 0 Å².